The third-order valence-corrected chi connectivity index (χ3v) is 2.57. The van der Waals surface area contributed by atoms with Gasteiger partial charge < -0.3 is 15.4 Å². The van der Waals surface area contributed by atoms with Gasteiger partial charge in [-0.15, -0.1) is 0 Å². The van der Waals surface area contributed by atoms with Gasteiger partial charge in [-0.3, -0.25) is 0 Å². The Bertz CT molecular complexity index is 124. The summed E-state index contributed by atoms with van der Waals surface area (Å²) in [6, 6.07) is 0. The molecule has 64 valence electrons. The molecule has 11 heavy (non-hydrogen) atoms. The van der Waals surface area contributed by atoms with Crippen LogP contribution in [0.25, 0.3) is 0 Å². The predicted octanol–water partition coefficient (Wildman–Crippen LogP) is -0.272. The molecule has 3 nitrogen and oxygen atoms in total. The first-order valence-corrected chi connectivity index (χ1v) is 4.45. The van der Waals surface area contributed by atoms with E-state index in [4.69, 9.17) is 4.74 Å². The molecule has 2 aliphatic heterocycles. The van der Waals surface area contributed by atoms with Gasteiger partial charge in [0.25, 0.3) is 0 Å². The average molecular weight is 156 g/mol. The molecule has 2 aliphatic rings. The molecule has 0 bridgehead atoms. The van der Waals surface area contributed by atoms with Gasteiger partial charge in [0, 0.05) is 13.1 Å². The molecule has 2 heterocycles. The van der Waals surface area contributed by atoms with Crippen LogP contribution in [0.15, 0.2) is 0 Å². The lowest BCUT2D eigenvalue weighted by Crippen LogP contribution is -2.62. The van der Waals surface area contributed by atoms with E-state index in [1.807, 2.05) is 0 Å². The molecular formula is C8H16N2O. The van der Waals surface area contributed by atoms with Crippen LogP contribution in [0.3, 0.4) is 0 Å². The molecule has 3 heteroatoms. The monoisotopic (exact) mass is 156 g/mol. The summed E-state index contributed by atoms with van der Waals surface area (Å²) in [4.78, 5) is 0. The molecule has 0 aromatic carbocycles. The fourth-order valence-electron chi connectivity index (χ4n) is 1.78. The van der Waals surface area contributed by atoms with Crippen LogP contribution in [0.1, 0.15) is 12.8 Å². The van der Waals surface area contributed by atoms with Crippen molar-refractivity contribution in [1.29, 1.82) is 0 Å². The molecule has 0 aliphatic carbocycles. The number of ether oxygens (including phenoxy) is 1. The molecule has 1 spiro atoms. The first-order chi connectivity index (χ1) is 5.41. The molecule has 0 amide bonds. The van der Waals surface area contributed by atoms with Crippen LogP contribution in [-0.2, 0) is 4.74 Å². The van der Waals surface area contributed by atoms with Crippen molar-refractivity contribution in [2.75, 3.05) is 32.8 Å². The zero-order valence-electron chi connectivity index (χ0n) is 6.86. The highest BCUT2D eigenvalue weighted by Gasteiger charge is 2.37. The Kier molecular flexibility index (Phi) is 2.11. The van der Waals surface area contributed by atoms with E-state index >= 15 is 0 Å². The molecular weight excluding hydrogens is 140 g/mol. The first kappa shape index (κ1) is 7.53. The maximum absolute atomic E-state index is 5.23. The van der Waals surface area contributed by atoms with Crippen molar-refractivity contribution >= 4 is 0 Å². The SMILES string of the molecule is C1CNCCNC2(C1)COC2. The minimum absolute atomic E-state index is 0.363. The summed E-state index contributed by atoms with van der Waals surface area (Å²) in [6.07, 6.45) is 2.54. The van der Waals surface area contributed by atoms with Crippen LogP contribution >= 0.6 is 0 Å². The van der Waals surface area contributed by atoms with Crippen LogP contribution in [-0.4, -0.2) is 38.4 Å². The minimum Gasteiger partial charge on any atom is -0.377 e. The molecule has 2 fully saturated rings. The minimum atomic E-state index is 0.363. The maximum Gasteiger partial charge on any atom is 0.0671 e. The van der Waals surface area contributed by atoms with Crippen molar-refractivity contribution in [1.82, 2.24) is 10.6 Å². The van der Waals surface area contributed by atoms with Crippen LogP contribution in [0.4, 0.5) is 0 Å². The Balaban J connectivity index is 1.86. The fraction of sp³-hybridized carbons (Fsp3) is 1.00. The second-order valence-electron chi connectivity index (χ2n) is 3.55. The van der Waals surface area contributed by atoms with E-state index in [1.54, 1.807) is 0 Å². The number of nitrogens with one attached hydrogen (secondary N) is 2. The van der Waals surface area contributed by atoms with Crippen LogP contribution in [0.2, 0.25) is 0 Å². The molecule has 0 aromatic rings. The van der Waals surface area contributed by atoms with Crippen molar-refractivity contribution in [3.63, 3.8) is 0 Å². The number of hydrogen-bond donors (Lipinski definition) is 2. The number of hydrogen-bond acceptors (Lipinski definition) is 3. The van der Waals surface area contributed by atoms with Crippen LogP contribution in [0, 0.1) is 0 Å². The summed E-state index contributed by atoms with van der Waals surface area (Å²) in [6.45, 7) is 5.20. The topological polar surface area (TPSA) is 33.3 Å². The molecule has 0 aromatic heterocycles. The Morgan fingerprint density at radius 3 is 2.73 bits per heavy atom. The summed E-state index contributed by atoms with van der Waals surface area (Å²) in [5, 5.41) is 6.92. The molecule has 0 saturated carbocycles. The summed E-state index contributed by atoms with van der Waals surface area (Å²) < 4.78 is 5.23. The molecule has 0 atom stereocenters. The summed E-state index contributed by atoms with van der Waals surface area (Å²) in [5.74, 6) is 0. The first-order valence-electron chi connectivity index (χ1n) is 4.45. The fourth-order valence-corrected chi connectivity index (χ4v) is 1.78. The lowest BCUT2D eigenvalue weighted by Gasteiger charge is -2.43. The quantitative estimate of drug-likeness (QED) is 0.506. The summed E-state index contributed by atoms with van der Waals surface area (Å²) in [7, 11) is 0. The van der Waals surface area contributed by atoms with Crippen molar-refractivity contribution in [3.8, 4) is 0 Å². The van der Waals surface area contributed by atoms with E-state index in [-0.39, 0.29) is 0 Å². The smallest absolute Gasteiger partial charge is 0.0671 e. The van der Waals surface area contributed by atoms with Gasteiger partial charge in [0.1, 0.15) is 0 Å². The van der Waals surface area contributed by atoms with E-state index in [1.165, 1.54) is 19.4 Å². The maximum atomic E-state index is 5.23. The van der Waals surface area contributed by atoms with Gasteiger partial charge in [0.05, 0.1) is 18.8 Å². The van der Waals surface area contributed by atoms with E-state index in [0.717, 1.165) is 26.3 Å². The highest BCUT2D eigenvalue weighted by molar-refractivity contribution is 4.95. The number of rotatable bonds is 0. The normalized spacial score (nSPS) is 30.5. The largest absolute Gasteiger partial charge is 0.377 e. The Morgan fingerprint density at radius 2 is 2.00 bits per heavy atom. The second-order valence-corrected chi connectivity index (χ2v) is 3.55. The molecule has 2 N–H and O–H groups in total. The van der Waals surface area contributed by atoms with Crippen LogP contribution < -0.4 is 10.6 Å². The molecule has 2 saturated heterocycles. The van der Waals surface area contributed by atoms with Gasteiger partial charge in [-0.25, -0.2) is 0 Å². The van der Waals surface area contributed by atoms with Crippen molar-refractivity contribution in [3.05, 3.63) is 0 Å². The van der Waals surface area contributed by atoms with Gasteiger partial charge >= 0.3 is 0 Å². The highest BCUT2D eigenvalue weighted by Crippen LogP contribution is 2.22. The van der Waals surface area contributed by atoms with Crippen molar-refractivity contribution in [2.24, 2.45) is 0 Å². The Labute approximate surface area is 67.5 Å². The van der Waals surface area contributed by atoms with Gasteiger partial charge in [-0.2, -0.15) is 0 Å². The Morgan fingerprint density at radius 1 is 1.09 bits per heavy atom. The summed E-state index contributed by atoms with van der Waals surface area (Å²) >= 11 is 0. The van der Waals surface area contributed by atoms with Gasteiger partial charge in [-0.05, 0) is 19.4 Å². The van der Waals surface area contributed by atoms with Gasteiger partial charge in [0.2, 0.25) is 0 Å². The van der Waals surface area contributed by atoms with E-state index in [2.05, 4.69) is 10.6 Å². The molecule has 2 rings (SSSR count). The van der Waals surface area contributed by atoms with Crippen molar-refractivity contribution < 1.29 is 4.74 Å². The van der Waals surface area contributed by atoms with Gasteiger partial charge in [-0.1, -0.05) is 0 Å². The lowest BCUT2D eigenvalue weighted by atomic mass is 9.91. The highest BCUT2D eigenvalue weighted by atomic mass is 16.5. The molecule has 0 unspecified atom stereocenters. The zero-order valence-corrected chi connectivity index (χ0v) is 6.86. The predicted molar refractivity (Wildman–Crippen MR) is 43.7 cm³/mol. The van der Waals surface area contributed by atoms with E-state index in [0.29, 0.717) is 5.54 Å². The zero-order chi connectivity index (χ0) is 7.57. The summed E-state index contributed by atoms with van der Waals surface area (Å²) in [5.41, 5.74) is 0.363. The lowest BCUT2D eigenvalue weighted by molar-refractivity contribution is -0.0800. The van der Waals surface area contributed by atoms with E-state index < -0.39 is 0 Å². The van der Waals surface area contributed by atoms with Crippen LogP contribution in [0.5, 0.6) is 0 Å². The Hall–Kier alpha value is -0.120. The third kappa shape index (κ3) is 1.55. The average Bonchev–Trinajstić information content (AvgIpc) is 1.82. The van der Waals surface area contributed by atoms with Crippen molar-refractivity contribution in [2.45, 2.75) is 18.4 Å². The van der Waals surface area contributed by atoms with Gasteiger partial charge in [0.15, 0.2) is 0 Å². The standard InChI is InChI=1S/C8H16N2O/c1-2-8(6-11-7-8)10-5-4-9-3-1/h9-10H,1-7H2. The van der Waals surface area contributed by atoms with E-state index in [9.17, 15) is 0 Å². The third-order valence-electron chi connectivity index (χ3n) is 2.57. The second kappa shape index (κ2) is 3.09. The molecule has 0 radical (unpaired) electrons.